The Morgan fingerprint density at radius 1 is 1.29 bits per heavy atom. The average molecular weight is 286 g/mol. The summed E-state index contributed by atoms with van der Waals surface area (Å²) in [6.07, 6.45) is 12.7. The second kappa shape index (κ2) is 6.36. The highest BCUT2D eigenvalue weighted by atomic mass is 16.3. The molecule has 0 heterocycles. The molecular weight excluding hydrogens is 256 g/mol. The van der Waals surface area contributed by atoms with E-state index in [0.717, 1.165) is 19.3 Å². The fraction of sp³-hybridized carbons (Fsp3) is 0.600. The van der Waals surface area contributed by atoms with Crippen molar-refractivity contribution < 1.29 is 5.11 Å². The van der Waals surface area contributed by atoms with Crippen LogP contribution >= 0.6 is 0 Å². The summed E-state index contributed by atoms with van der Waals surface area (Å²) in [5.41, 5.74) is 5.84. The van der Waals surface area contributed by atoms with Crippen molar-refractivity contribution in [3.05, 3.63) is 46.6 Å². The molecule has 0 bridgehead atoms. The van der Waals surface area contributed by atoms with Crippen LogP contribution in [0.25, 0.3) is 0 Å². The Bertz CT molecular complexity index is 514. The van der Waals surface area contributed by atoms with Gasteiger partial charge in [0.05, 0.1) is 6.10 Å². The minimum absolute atomic E-state index is 0.217. The Kier molecular flexibility index (Phi) is 4.93. The molecule has 2 aliphatic carbocycles. The highest BCUT2D eigenvalue weighted by molar-refractivity contribution is 5.35. The van der Waals surface area contributed by atoms with Crippen LogP contribution in [0.2, 0.25) is 0 Å². The molecule has 21 heavy (non-hydrogen) atoms. The summed E-state index contributed by atoms with van der Waals surface area (Å²) >= 11 is 0. The van der Waals surface area contributed by atoms with E-state index in [1.54, 1.807) is 0 Å². The van der Waals surface area contributed by atoms with E-state index in [-0.39, 0.29) is 11.5 Å². The SMILES string of the molecule is CC=C(C)C=CC=C(C)[C@@H]1CC2=C(CCC2(C)C)[C@@H](O)C1. The molecule has 0 unspecified atom stereocenters. The fourth-order valence-corrected chi connectivity index (χ4v) is 3.63. The molecule has 116 valence electrons. The third-order valence-electron chi connectivity index (χ3n) is 5.40. The van der Waals surface area contributed by atoms with E-state index in [9.17, 15) is 5.11 Å². The molecule has 0 saturated heterocycles. The first-order valence-corrected chi connectivity index (χ1v) is 8.23. The third-order valence-corrected chi connectivity index (χ3v) is 5.40. The molecule has 0 spiro atoms. The highest BCUT2D eigenvalue weighted by Gasteiger charge is 2.39. The molecule has 2 rings (SSSR count). The van der Waals surface area contributed by atoms with E-state index in [1.807, 2.05) is 0 Å². The van der Waals surface area contributed by atoms with Crippen LogP contribution in [0.3, 0.4) is 0 Å². The lowest BCUT2D eigenvalue weighted by atomic mass is 9.73. The van der Waals surface area contributed by atoms with Crippen LogP contribution in [0.4, 0.5) is 0 Å². The van der Waals surface area contributed by atoms with Crippen LogP contribution in [0.5, 0.6) is 0 Å². The zero-order valence-electron chi connectivity index (χ0n) is 14.2. The Morgan fingerprint density at radius 2 is 2.00 bits per heavy atom. The Hall–Kier alpha value is -1.08. The molecule has 0 saturated carbocycles. The molecule has 0 aromatic heterocycles. The van der Waals surface area contributed by atoms with Gasteiger partial charge in [0.25, 0.3) is 0 Å². The van der Waals surface area contributed by atoms with Gasteiger partial charge in [0, 0.05) is 0 Å². The van der Waals surface area contributed by atoms with Gasteiger partial charge in [-0.2, -0.15) is 0 Å². The maximum absolute atomic E-state index is 10.5. The van der Waals surface area contributed by atoms with E-state index >= 15 is 0 Å². The minimum Gasteiger partial charge on any atom is -0.389 e. The quantitative estimate of drug-likeness (QED) is 0.548. The molecular formula is C20H30O. The van der Waals surface area contributed by atoms with E-state index < -0.39 is 0 Å². The van der Waals surface area contributed by atoms with E-state index in [0.29, 0.717) is 5.92 Å². The van der Waals surface area contributed by atoms with Gasteiger partial charge in [0.1, 0.15) is 0 Å². The summed E-state index contributed by atoms with van der Waals surface area (Å²) in [6.45, 7) is 11.0. The standard InChI is InChI=1S/C20H30O/c1-6-14(2)8-7-9-15(3)16-12-18-17(19(21)13-16)10-11-20(18,4)5/h6-9,16,19,21H,10-13H2,1-5H3/t16-,19+/m1/s1. The smallest absolute Gasteiger partial charge is 0.0758 e. The number of hydrogen-bond donors (Lipinski definition) is 1. The summed E-state index contributed by atoms with van der Waals surface area (Å²) in [5.74, 6) is 0.492. The molecule has 0 fully saturated rings. The molecule has 1 nitrogen and oxygen atoms in total. The number of aliphatic hydroxyl groups excluding tert-OH is 1. The van der Waals surface area contributed by atoms with Crippen LogP contribution in [0.15, 0.2) is 46.6 Å². The normalized spacial score (nSPS) is 30.2. The van der Waals surface area contributed by atoms with Crippen LogP contribution in [0.1, 0.15) is 60.3 Å². The van der Waals surface area contributed by atoms with E-state index in [1.165, 1.54) is 28.7 Å². The van der Waals surface area contributed by atoms with Crippen molar-refractivity contribution >= 4 is 0 Å². The number of rotatable bonds is 3. The lowest BCUT2D eigenvalue weighted by molar-refractivity contribution is 0.168. The van der Waals surface area contributed by atoms with Crippen molar-refractivity contribution in [2.75, 3.05) is 0 Å². The number of hydrogen-bond acceptors (Lipinski definition) is 1. The van der Waals surface area contributed by atoms with Crippen LogP contribution in [-0.2, 0) is 0 Å². The second-order valence-electron chi connectivity index (χ2n) is 7.34. The second-order valence-corrected chi connectivity index (χ2v) is 7.34. The first kappa shape index (κ1) is 16.3. The molecule has 2 aliphatic rings. The summed E-state index contributed by atoms with van der Waals surface area (Å²) in [4.78, 5) is 0. The number of aliphatic hydroxyl groups is 1. The Labute approximate surface area is 130 Å². The van der Waals surface area contributed by atoms with Gasteiger partial charge in [-0.25, -0.2) is 0 Å². The van der Waals surface area contributed by atoms with Crippen molar-refractivity contribution in [2.45, 2.75) is 66.4 Å². The van der Waals surface area contributed by atoms with Gasteiger partial charge in [-0.1, -0.05) is 54.9 Å². The van der Waals surface area contributed by atoms with Gasteiger partial charge in [-0.3, -0.25) is 0 Å². The largest absolute Gasteiger partial charge is 0.389 e. The maximum atomic E-state index is 10.5. The van der Waals surface area contributed by atoms with Crippen LogP contribution < -0.4 is 0 Å². The first-order chi connectivity index (χ1) is 9.85. The third kappa shape index (κ3) is 3.58. The Balaban J connectivity index is 2.13. The van der Waals surface area contributed by atoms with Gasteiger partial charge in [0.15, 0.2) is 0 Å². The molecule has 0 amide bonds. The van der Waals surface area contributed by atoms with Crippen molar-refractivity contribution in [3.63, 3.8) is 0 Å². The lowest BCUT2D eigenvalue weighted by Crippen LogP contribution is -2.25. The Morgan fingerprint density at radius 3 is 2.67 bits per heavy atom. The average Bonchev–Trinajstić information content (AvgIpc) is 2.74. The molecule has 0 radical (unpaired) electrons. The van der Waals surface area contributed by atoms with Crippen LogP contribution in [0, 0.1) is 11.3 Å². The zero-order valence-corrected chi connectivity index (χ0v) is 14.2. The fourth-order valence-electron chi connectivity index (χ4n) is 3.63. The summed E-state index contributed by atoms with van der Waals surface area (Å²) in [6, 6.07) is 0. The molecule has 0 aromatic carbocycles. The zero-order chi connectivity index (χ0) is 15.6. The lowest BCUT2D eigenvalue weighted by Gasteiger charge is -2.33. The molecule has 1 N–H and O–H groups in total. The minimum atomic E-state index is -0.217. The summed E-state index contributed by atoms with van der Waals surface area (Å²) in [7, 11) is 0. The van der Waals surface area contributed by atoms with Crippen molar-refractivity contribution in [2.24, 2.45) is 11.3 Å². The van der Waals surface area contributed by atoms with Gasteiger partial charge in [-0.15, -0.1) is 0 Å². The van der Waals surface area contributed by atoms with E-state index in [2.05, 4.69) is 58.9 Å². The van der Waals surface area contributed by atoms with Gasteiger partial charge >= 0.3 is 0 Å². The predicted octanol–water partition coefficient (Wildman–Crippen LogP) is 5.34. The van der Waals surface area contributed by atoms with Gasteiger partial charge in [-0.05, 0) is 63.4 Å². The number of allylic oxidation sites excluding steroid dienone is 7. The van der Waals surface area contributed by atoms with Crippen molar-refractivity contribution in [1.29, 1.82) is 0 Å². The highest BCUT2D eigenvalue weighted by Crippen LogP contribution is 2.51. The topological polar surface area (TPSA) is 20.2 Å². The van der Waals surface area contributed by atoms with Crippen molar-refractivity contribution in [1.82, 2.24) is 0 Å². The molecule has 0 aromatic rings. The first-order valence-electron chi connectivity index (χ1n) is 8.23. The molecule has 0 aliphatic heterocycles. The maximum Gasteiger partial charge on any atom is 0.0758 e. The van der Waals surface area contributed by atoms with Gasteiger partial charge < -0.3 is 5.11 Å². The summed E-state index contributed by atoms with van der Waals surface area (Å²) < 4.78 is 0. The summed E-state index contributed by atoms with van der Waals surface area (Å²) in [5, 5.41) is 10.5. The van der Waals surface area contributed by atoms with Crippen LogP contribution in [-0.4, -0.2) is 11.2 Å². The van der Waals surface area contributed by atoms with Gasteiger partial charge in [0.2, 0.25) is 0 Å². The van der Waals surface area contributed by atoms with E-state index in [4.69, 9.17) is 0 Å². The predicted molar refractivity (Wildman–Crippen MR) is 91.1 cm³/mol. The molecule has 2 atom stereocenters. The molecule has 1 heteroatoms. The van der Waals surface area contributed by atoms with Crippen molar-refractivity contribution in [3.8, 4) is 0 Å². The monoisotopic (exact) mass is 286 g/mol.